The van der Waals surface area contributed by atoms with Crippen LogP contribution in [-0.2, 0) is 22.6 Å². The molecule has 0 radical (unpaired) electrons. The Morgan fingerprint density at radius 1 is 1.13 bits per heavy atom. The van der Waals surface area contributed by atoms with Gasteiger partial charge in [0.2, 0.25) is 11.8 Å². The average molecular weight is 454 g/mol. The van der Waals surface area contributed by atoms with Crippen molar-refractivity contribution in [2.24, 2.45) is 0 Å². The Kier molecular flexibility index (Phi) is 6.15. The quantitative estimate of drug-likeness (QED) is 0.553. The number of rotatable bonds is 6. The first kappa shape index (κ1) is 21.2. The number of imide groups is 1. The molecular weight excluding hydrogens is 434 g/mol. The lowest BCUT2D eigenvalue weighted by Gasteiger charge is -2.13. The number of aromatic nitrogens is 1. The first-order chi connectivity index (χ1) is 14.9. The molecule has 158 valence electrons. The highest BCUT2D eigenvalue weighted by molar-refractivity contribution is 7.15. The molecule has 1 N–H and O–H groups in total. The van der Waals surface area contributed by atoms with Crippen molar-refractivity contribution in [2.45, 2.75) is 32.7 Å². The molecule has 3 aromatic rings. The normalized spacial score (nSPS) is 13.7. The van der Waals surface area contributed by atoms with Crippen LogP contribution in [-0.4, -0.2) is 27.6 Å². The van der Waals surface area contributed by atoms with Crippen LogP contribution >= 0.6 is 22.9 Å². The fourth-order valence-corrected chi connectivity index (χ4v) is 4.42. The van der Waals surface area contributed by atoms with Crippen molar-refractivity contribution in [1.82, 2.24) is 9.88 Å². The van der Waals surface area contributed by atoms with Gasteiger partial charge in [-0.15, -0.1) is 11.3 Å². The van der Waals surface area contributed by atoms with Crippen molar-refractivity contribution in [1.29, 1.82) is 0 Å². The number of hydrogen-bond acceptors (Lipinski definition) is 5. The van der Waals surface area contributed by atoms with E-state index in [0.29, 0.717) is 17.1 Å². The third kappa shape index (κ3) is 4.84. The molecule has 4 rings (SSSR count). The van der Waals surface area contributed by atoms with Crippen LogP contribution in [0.2, 0.25) is 5.02 Å². The summed E-state index contributed by atoms with van der Waals surface area (Å²) in [5.74, 6) is -0.578. The second-order valence-corrected chi connectivity index (χ2v) is 8.87. The highest BCUT2D eigenvalue weighted by Crippen LogP contribution is 2.27. The smallest absolute Gasteiger partial charge is 0.257 e. The van der Waals surface area contributed by atoms with Gasteiger partial charge in [-0.25, -0.2) is 4.98 Å². The maximum Gasteiger partial charge on any atom is 0.257 e. The van der Waals surface area contributed by atoms with Gasteiger partial charge in [0.15, 0.2) is 5.13 Å². The van der Waals surface area contributed by atoms with E-state index in [2.05, 4.69) is 10.3 Å². The van der Waals surface area contributed by atoms with E-state index in [1.165, 1.54) is 16.2 Å². The number of hydrogen-bond donors (Lipinski definition) is 1. The predicted molar refractivity (Wildman–Crippen MR) is 120 cm³/mol. The number of nitrogens with zero attached hydrogens (tertiary/aromatic N) is 2. The van der Waals surface area contributed by atoms with Crippen molar-refractivity contribution < 1.29 is 14.4 Å². The van der Waals surface area contributed by atoms with Crippen molar-refractivity contribution in [3.63, 3.8) is 0 Å². The molecule has 1 aliphatic rings. The summed E-state index contributed by atoms with van der Waals surface area (Å²) in [5.41, 5.74) is 3.32. The zero-order valence-corrected chi connectivity index (χ0v) is 18.4. The maximum atomic E-state index is 12.6. The zero-order valence-electron chi connectivity index (χ0n) is 16.9. The molecule has 2 heterocycles. The third-order valence-corrected chi connectivity index (χ3v) is 6.58. The Morgan fingerprint density at radius 3 is 2.55 bits per heavy atom. The van der Waals surface area contributed by atoms with Gasteiger partial charge in [0.05, 0.1) is 6.54 Å². The second kappa shape index (κ2) is 8.99. The second-order valence-electron chi connectivity index (χ2n) is 7.38. The monoisotopic (exact) mass is 453 g/mol. The molecule has 0 saturated carbocycles. The number of halogens is 1. The number of carbonyl (C=O) groups excluding carboxylic acids is 3. The van der Waals surface area contributed by atoms with Crippen molar-refractivity contribution >= 4 is 45.8 Å². The Hall–Kier alpha value is -3.03. The van der Waals surface area contributed by atoms with Crippen LogP contribution in [0.25, 0.3) is 0 Å². The lowest BCUT2D eigenvalue weighted by molar-refractivity contribution is -0.139. The molecule has 6 nitrogen and oxygen atoms in total. The van der Waals surface area contributed by atoms with Gasteiger partial charge < -0.3 is 0 Å². The summed E-state index contributed by atoms with van der Waals surface area (Å²) in [6, 6.07) is 12.8. The number of carbonyl (C=O) groups is 3. The fourth-order valence-electron chi connectivity index (χ4n) is 3.39. The summed E-state index contributed by atoms with van der Waals surface area (Å²) in [5, 5.41) is 4.08. The standard InChI is InChI=1S/C23H20ClN3O3S/c1-14-3-2-4-17(21(14)24)11-18-12-25-23(31-18)26-22(30)16-7-5-15(6-8-16)13-27-19(28)9-10-20(27)29/h2-8,12H,9-11,13H2,1H3,(H,25,26,30). The van der Waals surface area contributed by atoms with Gasteiger partial charge in [0, 0.05) is 40.9 Å². The van der Waals surface area contributed by atoms with Gasteiger partial charge in [-0.05, 0) is 35.7 Å². The number of thiazole rings is 1. The Morgan fingerprint density at radius 2 is 1.84 bits per heavy atom. The lowest BCUT2D eigenvalue weighted by atomic mass is 10.1. The summed E-state index contributed by atoms with van der Waals surface area (Å²) >= 11 is 7.78. The van der Waals surface area contributed by atoms with E-state index >= 15 is 0 Å². The van der Waals surface area contributed by atoms with Crippen LogP contribution in [0.5, 0.6) is 0 Å². The summed E-state index contributed by atoms with van der Waals surface area (Å²) in [7, 11) is 0. The van der Waals surface area contributed by atoms with Gasteiger partial charge in [0.25, 0.3) is 5.91 Å². The molecule has 0 bridgehead atoms. The third-order valence-electron chi connectivity index (χ3n) is 5.12. The minimum Gasteiger partial charge on any atom is -0.298 e. The molecule has 8 heteroatoms. The van der Waals surface area contributed by atoms with Gasteiger partial charge >= 0.3 is 0 Å². The number of anilines is 1. The van der Waals surface area contributed by atoms with E-state index in [0.717, 1.165) is 26.6 Å². The molecule has 1 fully saturated rings. The molecule has 0 spiro atoms. The molecule has 3 amide bonds. The number of nitrogens with one attached hydrogen (secondary N) is 1. The summed E-state index contributed by atoms with van der Waals surface area (Å²) < 4.78 is 0. The van der Waals surface area contributed by atoms with Gasteiger partial charge in [-0.2, -0.15) is 0 Å². The molecule has 31 heavy (non-hydrogen) atoms. The van der Waals surface area contributed by atoms with Crippen LogP contribution in [0.1, 0.15) is 44.8 Å². The van der Waals surface area contributed by atoms with Gasteiger partial charge in [-0.3, -0.25) is 24.6 Å². The van der Waals surface area contributed by atoms with Crippen molar-refractivity contribution in [3.8, 4) is 0 Å². The average Bonchev–Trinajstić information content (AvgIpc) is 3.33. The number of likely N-dealkylation sites (tertiary alicyclic amines) is 1. The van der Waals surface area contributed by atoms with E-state index < -0.39 is 0 Å². The maximum absolute atomic E-state index is 12.6. The first-order valence-electron chi connectivity index (χ1n) is 9.83. The van der Waals surface area contributed by atoms with Gasteiger partial charge in [-0.1, -0.05) is 41.9 Å². The molecule has 1 aliphatic heterocycles. The summed E-state index contributed by atoms with van der Waals surface area (Å²) in [4.78, 5) is 42.6. The zero-order chi connectivity index (χ0) is 22.0. The predicted octanol–water partition coefficient (Wildman–Crippen LogP) is 4.60. The van der Waals surface area contributed by atoms with Crippen molar-refractivity contribution in [2.75, 3.05) is 5.32 Å². The molecular formula is C23H20ClN3O3S. The number of aryl methyl sites for hydroxylation is 1. The van der Waals surface area contributed by atoms with Crippen LogP contribution in [0, 0.1) is 6.92 Å². The Balaban J connectivity index is 1.38. The largest absolute Gasteiger partial charge is 0.298 e. The first-order valence-corrected chi connectivity index (χ1v) is 11.0. The molecule has 0 atom stereocenters. The van der Waals surface area contributed by atoms with Crippen LogP contribution in [0.3, 0.4) is 0 Å². The van der Waals surface area contributed by atoms with E-state index in [9.17, 15) is 14.4 Å². The molecule has 0 unspecified atom stereocenters. The van der Waals surface area contributed by atoms with Crippen molar-refractivity contribution in [3.05, 3.63) is 80.8 Å². The lowest BCUT2D eigenvalue weighted by Crippen LogP contribution is -2.28. The molecule has 1 aromatic heterocycles. The SMILES string of the molecule is Cc1cccc(Cc2cnc(NC(=O)c3ccc(CN4C(=O)CCC4=O)cc3)s2)c1Cl. The Bertz CT molecular complexity index is 1140. The Labute approximate surface area is 188 Å². The molecule has 2 aromatic carbocycles. The topological polar surface area (TPSA) is 79.4 Å². The minimum absolute atomic E-state index is 0.154. The highest BCUT2D eigenvalue weighted by Gasteiger charge is 2.28. The number of benzene rings is 2. The van der Waals surface area contributed by atoms with E-state index in [4.69, 9.17) is 11.6 Å². The summed E-state index contributed by atoms with van der Waals surface area (Å²) in [6.07, 6.45) is 2.93. The molecule has 0 aliphatic carbocycles. The van der Waals surface area contributed by atoms with Crippen LogP contribution in [0.15, 0.2) is 48.7 Å². The van der Waals surface area contributed by atoms with E-state index in [1.54, 1.807) is 30.5 Å². The van der Waals surface area contributed by atoms with Crippen LogP contribution < -0.4 is 5.32 Å². The fraction of sp³-hybridized carbons (Fsp3) is 0.217. The highest BCUT2D eigenvalue weighted by atomic mass is 35.5. The van der Waals surface area contributed by atoms with Gasteiger partial charge in [0.1, 0.15) is 0 Å². The van der Waals surface area contributed by atoms with Crippen LogP contribution in [0.4, 0.5) is 5.13 Å². The van der Waals surface area contributed by atoms with E-state index in [1.807, 2.05) is 25.1 Å². The molecule has 1 saturated heterocycles. The van der Waals surface area contributed by atoms with E-state index in [-0.39, 0.29) is 37.1 Å². The number of amides is 3. The summed E-state index contributed by atoms with van der Waals surface area (Å²) in [6.45, 7) is 2.20. The minimum atomic E-state index is -0.269.